The van der Waals surface area contributed by atoms with E-state index >= 15 is 0 Å². The highest BCUT2D eigenvalue weighted by atomic mass is 16.3. The molecule has 0 bridgehead atoms. The smallest absolute Gasteiger partial charge is 0.167 e. The highest BCUT2D eigenvalue weighted by Crippen LogP contribution is 2.57. The fourth-order valence-electron chi connectivity index (χ4n) is 5.48. The summed E-state index contributed by atoms with van der Waals surface area (Å²) in [6, 6.07) is 4.70. The van der Waals surface area contributed by atoms with Crippen molar-refractivity contribution in [2.75, 3.05) is 0 Å². The first-order valence-electron chi connectivity index (χ1n) is 8.79. The van der Waals surface area contributed by atoms with Gasteiger partial charge in [-0.15, -0.1) is 0 Å². The highest BCUT2D eigenvalue weighted by Gasteiger charge is 2.60. The van der Waals surface area contributed by atoms with Crippen LogP contribution in [-0.2, 0) is 0 Å². The van der Waals surface area contributed by atoms with E-state index in [-0.39, 0.29) is 29.4 Å². The van der Waals surface area contributed by atoms with Crippen LogP contribution >= 0.6 is 0 Å². The quantitative estimate of drug-likeness (QED) is 0.581. The number of ketones is 1. The maximum absolute atomic E-state index is 13.1. The molecule has 0 unspecified atom stereocenters. The van der Waals surface area contributed by atoms with Gasteiger partial charge in [0.25, 0.3) is 0 Å². The second-order valence-corrected chi connectivity index (χ2v) is 7.97. The van der Waals surface area contributed by atoms with Crippen molar-refractivity contribution in [3.05, 3.63) is 29.3 Å². The van der Waals surface area contributed by atoms with E-state index in [9.17, 15) is 25.2 Å². The number of carbonyl (C=O) groups is 1. The van der Waals surface area contributed by atoms with Crippen molar-refractivity contribution in [2.24, 2.45) is 23.7 Å². The zero-order chi connectivity index (χ0) is 17.2. The third-order valence-electron chi connectivity index (χ3n) is 6.61. The molecule has 5 heteroatoms. The van der Waals surface area contributed by atoms with Crippen LogP contribution in [0.4, 0.5) is 0 Å². The molecule has 0 saturated heterocycles. The number of aromatic hydroxyl groups is 1. The average molecular weight is 332 g/mol. The van der Waals surface area contributed by atoms with Crippen molar-refractivity contribution in [2.45, 2.75) is 50.4 Å². The molecule has 4 rings (SSSR count). The van der Waals surface area contributed by atoms with Crippen molar-refractivity contribution in [3.8, 4) is 5.75 Å². The van der Waals surface area contributed by atoms with E-state index in [2.05, 4.69) is 6.92 Å². The van der Waals surface area contributed by atoms with Crippen molar-refractivity contribution >= 4 is 5.78 Å². The fraction of sp³-hybridized carbons (Fsp3) is 0.632. The Bertz CT molecular complexity index is 686. The van der Waals surface area contributed by atoms with E-state index in [0.717, 1.165) is 6.42 Å². The largest absolute Gasteiger partial charge is 0.508 e. The summed E-state index contributed by atoms with van der Waals surface area (Å²) in [5.74, 6) is -1.22. The van der Waals surface area contributed by atoms with Crippen LogP contribution in [0.15, 0.2) is 18.2 Å². The fourth-order valence-corrected chi connectivity index (χ4v) is 5.48. The van der Waals surface area contributed by atoms with E-state index in [1.165, 1.54) is 6.07 Å². The Morgan fingerprint density at radius 2 is 1.96 bits per heavy atom. The molecule has 5 nitrogen and oxygen atoms in total. The van der Waals surface area contributed by atoms with Gasteiger partial charge in [-0.3, -0.25) is 4.79 Å². The minimum absolute atomic E-state index is 0.0839. The van der Waals surface area contributed by atoms with Crippen LogP contribution in [0, 0.1) is 23.7 Å². The number of rotatable bonds is 0. The number of hydrogen-bond acceptors (Lipinski definition) is 5. The molecule has 0 amide bonds. The Kier molecular flexibility index (Phi) is 3.53. The van der Waals surface area contributed by atoms with Gasteiger partial charge < -0.3 is 20.4 Å². The van der Waals surface area contributed by atoms with E-state index in [0.29, 0.717) is 24.3 Å². The number of carbonyl (C=O) groups excluding carboxylic acids is 1. The topological polar surface area (TPSA) is 98.0 Å². The number of benzene rings is 1. The third-order valence-corrected chi connectivity index (χ3v) is 6.61. The van der Waals surface area contributed by atoms with Crippen molar-refractivity contribution in [1.82, 2.24) is 0 Å². The van der Waals surface area contributed by atoms with Crippen molar-refractivity contribution < 1.29 is 25.2 Å². The lowest BCUT2D eigenvalue weighted by molar-refractivity contribution is -0.198. The molecular formula is C19H24O5. The zero-order valence-corrected chi connectivity index (χ0v) is 13.7. The van der Waals surface area contributed by atoms with Gasteiger partial charge in [0.05, 0.1) is 17.8 Å². The Balaban J connectivity index is 1.82. The maximum Gasteiger partial charge on any atom is 0.167 e. The van der Waals surface area contributed by atoms with E-state index < -0.39 is 29.6 Å². The van der Waals surface area contributed by atoms with E-state index in [4.69, 9.17) is 0 Å². The highest BCUT2D eigenvalue weighted by molar-refractivity contribution is 6.01. The molecule has 2 fully saturated rings. The van der Waals surface area contributed by atoms with Gasteiger partial charge in [0, 0.05) is 28.9 Å². The molecule has 0 aromatic heterocycles. The summed E-state index contributed by atoms with van der Waals surface area (Å²) in [7, 11) is 0. The predicted molar refractivity (Wildman–Crippen MR) is 86.5 cm³/mol. The standard InChI is InChI=1S/C19H24O5/c1-9-5-6-12-15-11(7-14(21)19(12,24)8-9)18(23)16-10(17(15)22)3-2-4-13(16)20/h2-4,9,11-12,14-15,18,20-21,23-24H,5-8H2,1H3/t9-,11-,12+,14-,15+,18-,19-/m1/s1. The average Bonchev–Trinajstić information content (AvgIpc) is 2.53. The normalized spacial score (nSPS) is 44.4. The van der Waals surface area contributed by atoms with Crippen LogP contribution in [0.1, 0.15) is 54.6 Å². The molecule has 24 heavy (non-hydrogen) atoms. The summed E-state index contributed by atoms with van der Waals surface area (Å²) in [6.45, 7) is 2.05. The van der Waals surface area contributed by atoms with Crippen LogP contribution in [0.5, 0.6) is 5.75 Å². The van der Waals surface area contributed by atoms with Gasteiger partial charge in [0.1, 0.15) is 5.75 Å². The first-order chi connectivity index (χ1) is 11.3. The first kappa shape index (κ1) is 16.1. The van der Waals surface area contributed by atoms with Crippen LogP contribution in [0.2, 0.25) is 0 Å². The van der Waals surface area contributed by atoms with Crippen LogP contribution in [0.3, 0.4) is 0 Å². The van der Waals surface area contributed by atoms with Crippen molar-refractivity contribution in [3.63, 3.8) is 0 Å². The molecule has 4 N–H and O–H groups in total. The van der Waals surface area contributed by atoms with Gasteiger partial charge in [-0.2, -0.15) is 0 Å². The lowest BCUT2D eigenvalue weighted by Gasteiger charge is -2.56. The second-order valence-electron chi connectivity index (χ2n) is 7.97. The second kappa shape index (κ2) is 5.28. The molecule has 130 valence electrons. The first-order valence-corrected chi connectivity index (χ1v) is 8.79. The summed E-state index contributed by atoms with van der Waals surface area (Å²) in [5, 5.41) is 42.6. The van der Waals surface area contributed by atoms with Gasteiger partial charge in [0.15, 0.2) is 5.78 Å². The number of fused-ring (bicyclic) bond motifs is 4. The Morgan fingerprint density at radius 1 is 1.21 bits per heavy atom. The SMILES string of the molecule is C[C@@H]1CC[C@H]2[C@H]3C(=O)c4cccc(O)c4[C@H](O)[C@@H]3C[C@@H](O)[C@@]2(O)C1. The maximum atomic E-state index is 13.1. The van der Waals surface area contributed by atoms with E-state index in [1.54, 1.807) is 12.1 Å². The molecule has 0 radical (unpaired) electrons. The number of phenols is 1. The number of hydrogen-bond donors (Lipinski definition) is 4. The van der Waals surface area contributed by atoms with Crippen LogP contribution in [0.25, 0.3) is 0 Å². The monoisotopic (exact) mass is 332 g/mol. The molecular weight excluding hydrogens is 308 g/mol. The number of Topliss-reactive ketones (excluding diaryl/α,β-unsaturated/α-hetero) is 1. The van der Waals surface area contributed by atoms with Gasteiger partial charge in [-0.25, -0.2) is 0 Å². The summed E-state index contributed by atoms with van der Waals surface area (Å²) >= 11 is 0. The molecule has 2 saturated carbocycles. The minimum atomic E-state index is -1.26. The zero-order valence-electron chi connectivity index (χ0n) is 13.7. The lowest BCUT2D eigenvalue weighted by Crippen LogP contribution is -2.62. The Labute approximate surface area is 140 Å². The Morgan fingerprint density at radius 3 is 2.71 bits per heavy atom. The number of aliphatic hydroxyl groups is 3. The Hall–Kier alpha value is -1.43. The van der Waals surface area contributed by atoms with Gasteiger partial charge in [-0.05, 0) is 31.2 Å². The molecule has 1 aromatic carbocycles. The van der Waals surface area contributed by atoms with Crippen LogP contribution in [-0.4, -0.2) is 37.9 Å². The molecule has 3 aliphatic carbocycles. The van der Waals surface area contributed by atoms with E-state index in [1.807, 2.05) is 0 Å². The summed E-state index contributed by atoms with van der Waals surface area (Å²) in [5.41, 5.74) is -0.644. The molecule has 0 heterocycles. The third kappa shape index (κ3) is 2.01. The molecule has 0 spiro atoms. The van der Waals surface area contributed by atoms with Gasteiger partial charge in [0.2, 0.25) is 0 Å². The molecule has 0 aliphatic heterocycles. The summed E-state index contributed by atoms with van der Waals surface area (Å²) < 4.78 is 0. The van der Waals surface area contributed by atoms with Crippen LogP contribution < -0.4 is 0 Å². The lowest BCUT2D eigenvalue weighted by atomic mass is 9.52. The minimum Gasteiger partial charge on any atom is -0.508 e. The number of phenolic OH excluding ortho intramolecular Hbond substituents is 1. The van der Waals surface area contributed by atoms with Gasteiger partial charge in [-0.1, -0.05) is 25.5 Å². The predicted octanol–water partition coefficient (Wildman–Crippen LogP) is 1.79. The summed E-state index contributed by atoms with van der Waals surface area (Å²) in [4.78, 5) is 13.1. The van der Waals surface area contributed by atoms with Crippen molar-refractivity contribution in [1.29, 1.82) is 0 Å². The molecule has 3 aliphatic rings. The summed E-state index contributed by atoms with van der Waals surface area (Å²) in [6.07, 6.45) is 0.272. The number of aliphatic hydroxyl groups excluding tert-OH is 2. The molecule has 7 atom stereocenters. The molecule has 1 aromatic rings. The van der Waals surface area contributed by atoms with Gasteiger partial charge >= 0.3 is 0 Å².